The molecule has 0 fully saturated rings. The average Bonchev–Trinajstić information content (AvgIpc) is 2.87. The van der Waals surface area contributed by atoms with Gasteiger partial charge in [0, 0.05) is 25.5 Å². The van der Waals surface area contributed by atoms with Gasteiger partial charge in [-0.2, -0.15) is 5.10 Å². The van der Waals surface area contributed by atoms with E-state index in [4.69, 9.17) is 5.11 Å². The Bertz CT molecular complexity index is 580. The highest BCUT2D eigenvalue weighted by Crippen LogP contribution is 2.13. The molecule has 1 amide bonds. The summed E-state index contributed by atoms with van der Waals surface area (Å²) in [6.07, 6.45) is 4.91. The van der Waals surface area contributed by atoms with Crippen LogP contribution in [0.4, 0.5) is 0 Å². The van der Waals surface area contributed by atoms with Gasteiger partial charge in [-0.3, -0.25) is 9.78 Å². The summed E-state index contributed by atoms with van der Waals surface area (Å²) >= 11 is 0. The second-order valence-electron chi connectivity index (χ2n) is 4.76. The number of nitrogens with one attached hydrogen (secondary N) is 1. The van der Waals surface area contributed by atoms with Crippen molar-refractivity contribution in [2.75, 3.05) is 13.2 Å². The molecular weight excluding hydrogens is 256 g/mol. The highest BCUT2D eigenvalue weighted by atomic mass is 16.3. The minimum Gasteiger partial charge on any atom is -0.396 e. The Morgan fingerprint density at radius 3 is 2.80 bits per heavy atom. The van der Waals surface area contributed by atoms with Gasteiger partial charge in [0.2, 0.25) is 0 Å². The second-order valence-corrected chi connectivity index (χ2v) is 4.76. The van der Waals surface area contributed by atoms with Crippen LogP contribution in [-0.4, -0.2) is 38.9 Å². The van der Waals surface area contributed by atoms with Crippen LogP contribution in [-0.2, 0) is 0 Å². The molecule has 0 bridgehead atoms. The van der Waals surface area contributed by atoms with E-state index < -0.39 is 0 Å². The van der Waals surface area contributed by atoms with Gasteiger partial charge < -0.3 is 10.4 Å². The van der Waals surface area contributed by atoms with Crippen molar-refractivity contribution in [2.24, 2.45) is 5.92 Å². The van der Waals surface area contributed by atoms with Crippen molar-refractivity contribution in [3.05, 3.63) is 42.0 Å². The molecular formula is C14H18N4O2. The van der Waals surface area contributed by atoms with E-state index in [1.807, 2.05) is 26.0 Å². The van der Waals surface area contributed by atoms with E-state index in [1.54, 1.807) is 23.3 Å². The number of hydrogen-bond donors (Lipinski definition) is 2. The third-order valence-corrected chi connectivity index (χ3v) is 3.08. The molecule has 6 nitrogen and oxygen atoms in total. The Morgan fingerprint density at radius 2 is 2.15 bits per heavy atom. The van der Waals surface area contributed by atoms with E-state index in [2.05, 4.69) is 15.4 Å². The normalized spacial score (nSPS) is 12.2. The first-order chi connectivity index (χ1) is 9.63. The molecule has 2 rings (SSSR count). The predicted molar refractivity (Wildman–Crippen MR) is 74.7 cm³/mol. The van der Waals surface area contributed by atoms with Gasteiger partial charge in [0.15, 0.2) is 0 Å². The molecule has 0 saturated heterocycles. The Morgan fingerprint density at radius 1 is 1.45 bits per heavy atom. The summed E-state index contributed by atoms with van der Waals surface area (Å²) in [5.74, 6) is -0.141. The van der Waals surface area contributed by atoms with Gasteiger partial charge in [-0.25, -0.2) is 4.68 Å². The maximum Gasteiger partial charge on any atom is 0.254 e. The van der Waals surface area contributed by atoms with Crippen LogP contribution in [0.5, 0.6) is 0 Å². The molecule has 2 heterocycles. The molecule has 20 heavy (non-hydrogen) atoms. The number of aromatic nitrogens is 3. The SMILES string of the molecule is Cc1c(C(=O)NCC(C)CO)cnn1-c1ccncc1. The number of aliphatic hydroxyl groups excluding tert-OH is 1. The number of carbonyl (C=O) groups is 1. The topological polar surface area (TPSA) is 80.0 Å². The molecule has 6 heteroatoms. The summed E-state index contributed by atoms with van der Waals surface area (Å²) in [6, 6.07) is 3.66. The number of hydrogen-bond acceptors (Lipinski definition) is 4. The van der Waals surface area contributed by atoms with Gasteiger partial charge in [-0.1, -0.05) is 6.92 Å². The number of aliphatic hydroxyl groups is 1. The van der Waals surface area contributed by atoms with Crippen LogP contribution in [0.15, 0.2) is 30.7 Å². The molecule has 0 aliphatic heterocycles. The quantitative estimate of drug-likeness (QED) is 0.850. The standard InChI is InChI=1S/C14H18N4O2/c1-10(9-19)7-16-14(20)13-8-17-18(11(13)2)12-3-5-15-6-4-12/h3-6,8,10,19H,7,9H2,1-2H3,(H,16,20). The molecule has 2 aromatic heterocycles. The van der Waals surface area contributed by atoms with Crippen LogP contribution in [0.25, 0.3) is 5.69 Å². The van der Waals surface area contributed by atoms with Gasteiger partial charge >= 0.3 is 0 Å². The van der Waals surface area contributed by atoms with Gasteiger partial charge in [0.1, 0.15) is 0 Å². The number of nitrogens with zero attached hydrogens (tertiary/aromatic N) is 3. The first kappa shape index (κ1) is 14.2. The smallest absolute Gasteiger partial charge is 0.254 e. The number of carbonyl (C=O) groups excluding carboxylic acids is 1. The summed E-state index contributed by atoms with van der Waals surface area (Å²) in [7, 11) is 0. The number of pyridine rings is 1. The van der Waals surface area contributed by atoms with Crippen LogP contribution in [0.1, 0.15) is 23.0 Å². The Balaban J connectivity index is 2.15. The predicted octanol–water partition coefficient (Wildman–Crippen LogP) is 0.934. The fourth-order valence-electron chi connectivity index (χ4n) is 1.80. The summed E-state index contributed by atoms with van der Waals surface area (Å²) in [5.41, 5.74) is 2.16. The van der Waals surface area contributed by atoms with E-state index in [0.717, 1.165) is 11.4 Å². The van der Waals surface area contributed by atoms with E-state index >= 15 is 0 Å². The van der Waals surface area contributed by atoms with E-state index in [-0.39, 0.29) is 18.4 Å². The highest BCUT2D eigenvalue weighted by Gasteiger charge is 2.15. The lowest BCUT2D eigenvalue weighted by atomic mass is 10.2. The van der Waals surface area contributed by atoms with E-state index in [1.165, 1.54) is 0 Å². The van der Waals surface area contributed by atoms with Gasteiger partial charge in [-0.05, 0) is 25.0 Å². The minimum absolute atomic E-state index is 0.0366. The molecule has 0 spiro atoms. The summed E-state index contributed by atoms with van der Waals surface area (Å²) in [6.45, 7) is 4.20. The highest BCUT2D eigenvalue weighted by molar-refractivity contribution is 5.95. The monoisotopic (exact) mass is 274 g/mol. The number of rotatable bonds is 5. The van der Waals surface area contributed by atoms with Crippen molar-refractivity contribution >= 4 is 5.91 Å². The molecule has 0 aliphatic carbocycles. The van der Waals surface area contributed by atoms with Crippen LogP contribution in [0.2, 0.25) is 0 Å². The Labute approximate surface area is 117 Å². The van der Waals surface area contributed by atoms with Crippen molar-refractivity contribution < 1.29 is 9.90 Å². The van der Waals surface area contributed by atoms with E-state index in [9.17, 15) is 4.79 Å². The zero-order chi connectivity index (χ0) is 14.5. The lowest BCUT2D eigenvalue weighted by Crippen LogP contribution is -2.29. The molecule has 106 valence electrons. The number of amides is 1. The Kier molecular flexibility index (Phi) is 4.47. The van der Waals surface area contributed by atoms with Crippen LogP contribution < -0.4 is 5.32 Å². The van der Waals surface area contributed by atoms with Crippen LogP contribution >= 0.6 is 0 Å². The van der Waals surface area contributed by atoms with Gasteiger partial charge in [0.05, 0.1) is 23.1 Å². The van der Waals surface area contributed by atoms with Crippen molar-refractivity contribution in [2.45, 2.75) is 13.8 Å². The summed E-state index contributed by atoms with van der Waals surface area (Å²) < 4.78 is 1.70. The maximum atomic E-state index is 12.1. The molecule has 2 N–H and O–H groups in total. The summed E-state index contributed by atoms with van der Waals surface area (Å²) in [5, 5.41) is 16.0. The van der Waals surface area contributed by atoms with Crippen LogP contribution in [0, 0.1) is 12.8 Å². The van der Waals surface area contributed by atoms with Crippen molar-refractivity contribution in [1.29, 1.82) is 0 Å². The third-order valence-electron chi connectivity index (χ3n) is 3.08. The lowest BCUT2D eigenvalue weighted by molar-refractivity contribution is 0.0941. The second kappa shape index (κ2) is 6.29. The minimum atomic E-state index is -0.178. The molecule has 1 atom stereocenters. The first-order valence-corrected chi connectivity index (χ1v) is 6.47. The zero-order valence-electron chi connectivity index (χ0n) is 11.6. The fraction of sp³-hybridized carbons (Fsp3) is 0.357. The fourth-order valence-corrected chi connectivity index (χ4v) is 1.80. The third kappa shape index (κ3) is 3.03. The molecule has 0 aromatic carbocycles. The first-order valence-electron chi connectivity index (χ1n) is 6.47. The average molecular weight is 274 g/mol. The molecule has 1 unspecified atom stereocenters. The lowest BCUT2D eigenvalue weighted by Gasteiger charge is -2.09. The largest absolute Gasteiger partial charge is 0.396 e. The maximum absolute atomic E-state index is 12.1. The Hall–Kier alpha value is -2.21. The summed E-state index contributed by atoms with van der Waals surface area (Å²) in [4.78, 5) is 16.0. The van der Waals surface area contributed by atoms with Gasteiger partial charge in [0.25, 0.3) is 5.91 Å². The molecule has 0 radical (unpaired) electrons. The zero-order valence-corrected chi connectivity index (χ0v) is 11.6. The van der Waals surface area contributed by atoms with Crippen molar-refractivity contribution in [3.8, 4) is 5.69 Å². The molecule has 0 aliphatic rings. The van der Waals surface area contributed by atoms with Crippen molar-refractivity contribution in [1.82, 2.24) is 20.1 Å². The van der Waals surface area contributed by atoms with Gasteiger partial charge in [-0.15, -0.1) is 0 Å². The van der Waals surface area contributed by atoms with Crippen LogP contribution in [0.3, 0.4) is 0 Å². The van der Waals surface area contributed by atoms with Crippen molar-refractivity contribution in [3.63, 3.8) is 0 Å². The molecule has 2 aromatic rings. The van der Waals surface area contributed by atoms with E-state index in [0.29, 0.717) is 12.1 Å². The molecule has 0 saturated carbocycles.